The van der Waals surface area contributed by atoms with Gasteiger partial charge in [-0.3, -0.25) is 0 Å². The molecule has 0 fully saturated rings. The fourth-order valence-electron chi connectivity index (χ4n) is 1.47. The van der Waals surface area contributed by atoms with Crippen LogP contribution in [0.2, 0.25) is 10.0 Å². The lowest BCUT2D eigenvalue weighted by Gasteiger charge is -2.22. The van der Waals surface area contributed by atoms with Gasteiger partial charge < -0.3 is 15.1 Å². The topological polar surface area (TPSA) is 31.4 Å². The Kier molecular flexibility index (Phi) is 5.99. The minimum Gasteiger partial charge on any atom is -0.369 e. The number of hydrogen-bond donors (Lipinski definition) is 1. The molecule has 0 saturated heterocycles. The summed E-state index contributed by atoms with van der Waals surface area (Å²) >= 11 is 12.3. The van der Waals surface area contributed by atoms with Gasteiger partial charge in [0.05, 0.1) is 10.0 Å². The summed E-state index contributed by atoms with van der Waals surface area (Å²) in [7, 11) is 6.05. The Hall–Kier alpha value is -0.710. The first-order valence-electron chi connectivity index (χ1n) is 5.91. The Morgan fingerprint density at radius 1 is 1.17 bits per heavy atom. The highest BCUT2D eigenvalue weighted by atomic mass is 35.5. The van der Waals surface area contributed by atoms with Crippen LogP contribution in [0.5, 0.6) is 0 Å². The van der Waals surface area contributed by atoms with E-state index in [1.54, 1.807) is 6.07 Å². The molecule has 1 aromatic rings. The number of rotatable bonds is 6. The van der Waals surface area contributed by atoms with Gasteiger partial charge in [-0.15, -0.1) is 0 Å². The van der Waals surface area contributed by atoms with Gasteiger partial charge in [0.15, 0.2) is 0 Å². The largest absolute Gasteiger partial charge is 0.369 e. The fraction of sp³-hybridized carbons (Fsp3) is 0.583. The molecule has 0 aliphatic rings. The lowest BCUT2D eigenvalue weighted by Crippen LogP contribution is -2.29. The van der Waals surface area contributed by atoms with Crippen LogP contribution in [0.15, 0.2) is 6.07 Å². The van der Waals surface area contributed by atoms with E-state index in [0.29, 0.717) is 15.9 Å². The first-order chi connectivity index (χ1) is 8.45. The summed E-state index contributed by atoms with van der Waals surface area (Å²) in [5.41, 5.74) is 0. The Labute approximate surface area is 119 Å². The summed E-state index contributed by atoms with van der Waals surface area (Å²) in [6, 6.07) is 1.73. The molecule has 0 spiro atoms. The summed E-state index contributed by atoms with van der Waals surface area (Å²) in [5, 5.41) is 4.24. The van der Waals surface area contributed by atoms with E-state index in [0.717, 1.165) is 25.5 Å². The molecule has 0 aliphatic heterocycles. The SMILES string of the molecule is CCNc1nc(N(C)CCN(C)C)c(Cl)cc1Cl. The zero-order valence-electron chi connectivity index (χ0n) is 11.3. The first kappa shape index (κ1) is 15.3. The van der Waals surface area contributed by atoms with Crippen LogP contribution in [0.1, 0.15) is 6.92 Å². The van der Waals surface area contributed by atoms with Crippen molar-refractivity contribution in [3.8, 4) is 0 Å². The third-order valence-corrected chi connectivity index (χ3v) is 3.07. The maximum absolute atomic E-state index is 6.18. The number of hydrogen-bond acceptors (Lipinski definition) is 4. The van der Waals surface area contributed by atoms with Gasteiger partial charge in [-0.05, 0) is 27.1 Å². The highest BCUT2D eigenvalue weighted by Gasteiger charge is 2.12. The number of anilines is 2. The maximum atomic E-state index is 6.18. The molecule has 18 heavy (non-hydrogen) atoms. The average molecular weight is 291 g/mol. The highest BCUT2D eigenvalue weighted by Crippen LogP contribution is 2.30. The Bertz CT molecular complexity index is 396. The molecule has 0 bridgehead atoms. The lowest BCUT2D eigenvalue weighted by atomic mass is 10.4. The van der Waals surface area contributed by atoms with E-state index in [4.69, 9.17) is 23.2 Å². The third kappa shape index (κ3) is 4.19. The minimum atomic E-state index is 0.548. The van der Waals surface area contributed by atoms with Crippen molar-refractivity contribution < 1.29 is 0 Å². The van der Waals surface area contributed by atoms with E-state index in [1.165, 1.54) is 0 Å². The molecule has 6 heteroatoms. The fourth-order valence-corrected chi connectivity index (χ4v) is 2.04. The zero-order valence-corrected chi connectivity index (χ0v) is 12.8. The quantitative estimate of drug-likeness (QED) is 0.873. The van der Waals surface area contributed by atoms with E-state index >= 15 is 0 Å². The van der Waals surface area contributed by atoms with Crippen LogP contribution in [0, 0.1) is 0 Å². The molecule has 0 unspecified atom stereocenters. The van der Waals surface area contributed by atoms with Crippen molar-refractivity contribution in [3.05, 3.63) is 16.1 Å². The molecule has 1 rings (SSSR count). The van der Waals surface area contributed by atoms with Gasteiger partial charge in [-0.2, -0.15) is 0 Å². The van der Waals surface area contributed by atoms with Crippen molar-refractivity contribution in [2.24, 2.45) is 0 Å². The molecule has 0 saturated carbocycles. The number of nitrogens with one attached hydrogen (secondary N) is 1. The molecule has 102 valence electrons. The number of halogens is 2. The van der Waals surface area contributed by atoms with Crippen LogP contribution in [0.3, 0.4) is 0 Å². The molecule has 0 radical (unpaired) electrons. The summed E-state index contributed by atoms with van der Waals surface area (Å²) in [5.74, 6) is 1.43. The molecule has 0 atom stereocenters. The monoisotopic (exact) mass is 290 g/mol. The standard InChI is InChI=1S/C12H20Cl2N4/c1-5-15-11-9(13)8-10(14)12(16-11)18(4)7-6-17(2)3/h8H,5-7H2,1-4H3,(H,15,16). The van der Waals surface area contributed by atoms with Crippen molar-refractivity contribution in [2.75, 3.05) is 51.0 Å². The minimum absolute atomic E-state index is 0.548. The molecule has 1 N–H and O–H groups in total. The number of aromatic nitrogens is 1. The van der Waals surface area contributed by atoms with Gasteiger partial charge in [0.25, 0.3) is 0 Å². The van der Waals surface area contributed by atoms with E-state index in [2.05, 4.69) is 15.2 Å². The molecule has 1 aromatic heterocycles. The molecular weight excluding hydrogens is 271 g/mol. The van der Waals surface area contributed by atoms with Gasteiger partial charge in [0.2, 0.25) is 0 Å². The predicted molar refractivity (Wildman–Crippen MR) is 80.2 cm³/mol. The Morgan fingerprint density at radius 2 is 1.83 bits per heavy atom. The van der Waals surface area contributed by atoms with Gasteiger partial charge in [0, 0.05) is 26.7 Å². The smallest absolute Gasteiger partial charge is 0.149 e. The molecule has 1 heterocycles. The summed E-state index contributed by atoms with van der Waals surface area (Å²) in [6.45, 7) is 4.57. The van der Waals surface area contributed by atoms with Gasteiger partial charge in [-0.25, -0.2) is 4.98 Å². The van der Waals surface area contributed by atoms with Crippen molar-refractivity contribution in [2.45, 2.75) is 6.92 Å². The summed E-state index contributed by atoms with van der Waals surface area (Å²) in [6.07, 6.45) is 0. The van der Waals surface area contributed by atoms with E-state index in [1.807, 2.05) is 33.0 Å². The third-order valence-electron chi connectivity index (χ3n) is 2.50. The molecule has 4 nitrogen and oxygen atoms in total. The van der Waals surface area contributed by atoms with E-state index in [9.17, 15) is 0 Å². The van der Waals surface area contributed by atoms with E-state index < -0.39 is 0 Å². The van der Waals surface area contributed by atoms with Crippen LogP contribution in [-0.4, -0.2) is 50.7 Å². The highest BCUT2D eigenvalue weighted by molar-refractivity contribution is 6.37. The van der Waals surface area contributed by atoms with Crippen LogP contribution in [0.25, 0.3) is 0 Å². The van der Waals surface area contributed by atoms with Gasteiger partial charge >= 0.3 is 0 Å². The summed E-state index contributed by atoms with van der Waals surface area (Å²) < 4.78 is 0. The second-order valence-corrected chi connectivity index (χ2v) is 5.19. The predicted octanol–water partition coefficient (Wildman–Crippen LogP) is 2.82. The van der Waals surface area contributed by atoms with Crippen molar-refractivity contribution in [3.63, 3.8) is 0 Å². The lowest BCUT2D eigenvalue weighted by molar-refractivity contribution is 0.416. The summed E-state index contributed by atoms with van der Waals surface area (Å²) in [4.78, 5) is 8.62. The van der Waals surface area contributed by atoms with Crippen molar-refractivity contribution in [1.29, 1.82) is 0 Å². The maximum Gasteiger partial charge on any atom is 0.149 e. The Morgan fingerprint density at radius 3 is 2.39 bits per heavy atom. The normalized spacial score (nSPS) is 10.8. The van der Waals surface area contributed by atoms with E-state index in [-0.39, 0.29) is 0 Å². The number of nitrogens with zero attached hydrogens (tertiary/aromatic N) is 3. The second kappa shape index (κ2) is 7.02. The van der Waals surface area contributed by atoms with Crippen molar-refractivity contribution >= 4 is 34.8 Å². The first-order valence-corrected chi connectivity index (χ1v) is 6.67. The van der Waals surface area contributed by atoms with Crippen LogP contribution < -0.4 is 10.2 Å². The molecule has 0 aromatic carbocycles. The Balaban J connectivity index is 2.89. The average Bonchev–Trinajstić information content (AvgIpc) is 2.29. The molecule has 0 aliphatic carbocycles. The molecular formula is C12H20Cl2N4. The van der Waals surface area contributed by atoms with Crippen LogP contribution in [-0.2, 0) is 0 Å². The second-order valence-electron chi connectivity index (χ2n) is 4.38. The number of likely N-dealkylation sites (N-methyl/N-ethyl adjacent to an activating group) is 2. The molecule has 0 amide bonds. The zero-order chi connectivity index (χ0) is 13.7. The van der Waals surface area contributed by atoms with Crippen molar-refractivity contribution in [1.82, 2.24) is 9.88 Å². The van der Waals surface area contributed by atoms with Gasteiger partial charge in [-0.1, -0.05) is 23.2 Å². The van der Waals surface area contributed by atoms with Crippen LogP contribution >= 0.6 is 23.2 Å². The number of pyridine rings is 1. The van der Waals surface area contributed by atoms with Gasteiger partial charge in [0.1, 0.15) is 11.6 Å². The van der Waals surface area contributed by atoms with Crippen LogP contribution in [0.4, 0.5) is 11.6 Å².